The second-order valence-corrected chi connectivity index (χ2v) is 7.16. The van der Waals surface area contributed by atoms with Gasteiger partial charge in [0.15, 0.2) is 0 Å². The first-order valence-corrected chi connectivity index (χ1v) is 9.15. The Morgan fingerprint density at radius 1 is 1.12 bits per heavy atom. The average Bonchev–Trinajstić information content (AvgIpc) is 3.06. The van der Waals surface area contributed by atoms with E-state index in [1.807, 2.05) is 55.5 Å². The van der Waals surface area contributed by atoms with Crippen molar-refractivity contribution in [3.05, 3.63) is 70.2 Å². The molecule has 0 aliphatic heterocycles. The van der Waals surface area contributed by atoms with Gasteiger partial charge in [0.1, 0.15) is 0 Å². The van der Waals surface area contributed by atoms with Gasteiger partial charge in [0.05, 0.1) is 23.2 Å². The van der Waals surface area contributed by atoms with E-state index in [1.54, 1.807) is 18.9 Å². The predicted molar refractivity (Wildman–Crippen MR) is 103 cm³/mol. The van der Waals surface area contributed by atoms with E-state index in [1.165, 1.54) is 11.5 Å². The van der Waals surface area contributed by atoms with Gasteiger partial charge in [-0.05, 0) is 54.2 Å². The van der Waals surface area contributed by atoms with Crippen LogP contribution in [-0.4, -0.2) is 32.5 Å². The third kappa shape index (κ3) is 3.98. The Morgan fingerprint density at radius 3 is 2.19 bits per heavy atom. The number of nitrogens with zero attached hydrogens (tertiary/aromatic N) is 3. The Morgan fingerprint density at radius 2 is 1.69 bits per heavy atom. The molecule has 0 unspecified atom stereocenters. The summed E-state index contributed by atoms with van der Waals surface area (Å²) in [5.41, 5.74) is 4.48. The number of amides is 1. The number of benzene rings is 2. The molecule has 6 heteroatoms. The van der Waals surface area contributed by atoms with Gasteiger partial charge in [-0.25, -0.2) is 0 Å². The summed E-state index contributed by atoms with van der Waals surface area (Å²) in [5.74, 6) is -0.0335. The predicted octanol–water partition coefficient (Wildman–Crippen LogP) is 3.84. The zero-order valence-electron chi connectivity index (χ0n) is 15.0. The molecule has 0 aliphatic rings. The van der Waals surface area contributed by atoms with Crippen LogP contribution in [0.5, 0.6) is 0 Å². The highest BCUT2D eigenvalue weighted by Gasteiger charge is 2.15. The van der Waals surface area contributed by atoms with Crippen molar-refractivity contribution >= 4 is 17.4 Å². The Bertz CT molecular complexity index is 886. The van der Waals surface area contributed by atoms with Crippen molar-refractivity contribution in [2.24, 2.45) is 0 Å². The molecule has 3 rings (SSSR count). The van der Waals surface area contributed by atoms with Crippen LogP contribution in [0.4, 0.5) is 0 Å². The second-order valence-electron chi connectivity index (χ2n) is 6.32. The lowest BCUT2D eigenvalue weighted by atomic mass is 10.0. The maximum Gasteiger partial charge on any atom is 0.253 e. The van der Waals surface area contributed by atoms with Crippen LogP contribution >= 0.6 is 11.5 Å². The first-order valence-electron chi connectivity index (χ1n) is 8.37. The van der Waals surface area contributed by atoms with Gasteiger partial charge in [-0.15, -0.1) is 5.10 Å². The summed E-state index contributed by atoms with van der Waals surface area (Å²) < 4.78 is 3.91. The summed E-state index contributed by atoms with van der Waals surface area (Å²) in [7, 11) is 1.78. The quantitative estimate of drug-likeness (QED) is 0.744. The summed E-state index contributed by atoms with van der Waals surface area (Å²) in [6.07, 6.45) is -0.475. The third-order valence-electron chi connectivity index (χ3n) is 4.33. The number of aliphatic hydroxyl groups excluding tert-OH is 1. The third-order valence-corrected chi connectivity index (χ3v) is 5.14. The topological polar surface area (TPSA) is 66.3 Å². The summed E-state index contributed by atoms with van der Waals surface area (Å²) in [6.45, 7) is 4.15. The molecule has 2 aromatic carbocycles. The van der Waals surface area contributed by atoms with Gasteiger partial charge in [0, 0.05) is 12.6 Å². The molecule has 26 heavy (non-hydrogen) atoms. The van der Waals surface area contributed by atoms with E-state index in [2.05, 4.69) is 9.59 Å². The number of aryl methyl sites for hydroxylation is 1. The largest absolute Gasteiger partial charge is 0.389 e. The van der Waals surface area contributed by atoms with Crippen LogP contribution in [0.25, 0.3) is 11.1 Å². The van der Waals surface area contributed by atoms with Crippen LogP contribution in [0.1, 0.15) is 39.5 Å². The molecule has 134 valence electrons. The van der Waals surface area contributed by atoms with Crippen molar-refractivity contribution in [2.45, 2.75) is 26.5 Å². The summed E-state index contributed by atoms with van der Waals surface area (Å²) in [4.78, 5) is 15.3. The standard InChI is InChI=1S/C20H21N3O2S/c1-13-19(26-22-21-13)12-23(3)20(25)18-10-8-17(9-11-18)16-6-4-15(5-7-16)14(2)24/h4-11,14,24H,12H2,1-3H3/t14-/m1/s1. The summed E-state index contributed by atoms with van der Waals surface area (Å²) in [5, 5.41) is 13.6. The van der Waals surface area contributed by atoms with Gasteiger partial charge in [-0.3, -0.25) is 4.79 Å². The van der Waals surface area contributed by atoms with Crippen LogP contribution in [0.15, 0.2) is 48.5 Å². The Hall–Kier alpha value is -2.57. The van der Waals surface area contributed by atoms with Crippen molar-refractivity contribution in [2.75, 3.05) is 7.05 Å². The second kappa shape index (κ2) is 7.76. The summed E-state index contributed by atoms with van der Waals surface area (Å²) in [6, 6.07) is 15.4. The first kappa shape index (κ1) is 18.2. The highest BCUT2D eigenvalue weighted by molar-refractivity contribution is 7.05. The molecule has 1 N–H and O–H groups in total. The smallest absolute Gasteiger partial charge is 0.253 e. The molecule has 0 aliphatic carbocycles. The average molecular weight is 367 g/mol. The molecular weight excluding hydrogens is 346 g/mol. The minimum atomic E-state index is -0.475. The fourth-order valence-electron chi connectivity index (χ4n) is 2.66. The lowest BCUT2D eigenvalue weighted by Crippen LogP contribution is -2.26. The molecule has 0 saturated heterocycles. The molecule has 5 nitrogen and oxygen atoms in total. The van der Waals surface area contributed by atoms with Gasteiger partial charge < -0.3 is 10.0 Å². The van der Waals surface area contributed by atoms with Crippen molar-refractivity contribution in [3.63, 3.8) is 0 Å². The minimum Gasteiger partial charge on any atom is -0.389 e. The number of carbonyl (C=O) groups excluding carboxylic acids is 1. The molecule has 0 fully saturated rings. The van der Waals surface area contributed by atoms with Crippen LogP contribution in [0.2, 0.25) is 0 Å². The normalized spacial score (nSPS) is 12.0. The van der Waals surface area contributed by atoms with Gasteiger partial charge >= 0.3 is 0 Å². The van der Waals surface area contributed by atoms with E-state index in [9.17, 15) is 9.90 Å². The maximum atomic E-state index is 12.6. The highest BCUT2D eigenvalue weighted by Crippen LogP contribution is 2.23. The molecule has 0 spiro atoms. The number of carbonyl (C=O) groups is 1. The van der Waals surface area contributed by atoms with Crippen molar-refractivity contribution in [1.82, 2.24) is 14.5 Å². The zero-order chi connectivity index (χ0) is 18.7. The number of hydrogen-bond donors (Lipinski definition) is 1. The molecule has 0 bridgehead atoms. The van der Waals surface area contributed by atoms with Gasteiger partial charge in [-0.2, -0.15) is 0 Å². The van der Waals surface area contributed by atoms with E-state index < -0.39 is 6.10 Å². The lowest BCUT2D eigenvalue weighted by molar-refractivity contribution is 0.0786. The molecule has 1 heterocycles. The maximum absolute atomic E-state index is 12.6. The van der Waals surface area contributed by atoms with E-state index >= 15 is 0 Å². The zero-order valence-corrected chi connectivity index (χ0v) is 15.8. The van der Waals surface area contributed by atoms with Crippen LogP contribution in [0.3, 0.4) is 0 Å². The Kier molecular flexibility index (Phi) is 5.44. The van der Waals surface area contributed by atoms with Crippen molar-refractivity contribution in [1.29, 1.82) is 0 Å². The molecule has 1 aromatic heterocycles. The van der Waals surface area contributed by atoms with Crippen LogP contribution in [0, 0.1) is 6.92 Å². The first-order chi connectivity index (χ1) is 12.5. The minimum absolute atomic E-state index is 0.0335. The SMILES string of the molecule is Cc1nnsc1CN(C)C(=O)c1ccc(-c2ccc([C@@H](C)O)cc2)cc1. The van der Waals surface area contributed by atoms with Crippen molar-refractivity contribution < 1.29 is 9.90 Å². The number of aromatic nitrogens is 2. The monoisotopic (exact) mass is 367 g/mol. The fraction of sp³-hybridized carbons (Fsp3) is 0.250. The van der Waals surface area contributed by atoms with E-state index in [0.29, 0.717) is 12.1 Å². The summed E-state index contributed by atoms with van der Waals surface area (Å²) >= 11 is 1.32. The molecule has 0 radical (unpaired) electrons. The van der Waals surface area contributed by atoms with E-state index in [4.69, 9.17) is 0 Å². The molecule has 3 aromatic rings. The van der Waals surface area contributed by atoms with Crippen molar-refractivity contribution in [3.8, 4) is 11.1 Å². The molecular formula is C20H21N3O2S. The van der Waals surface area contributed by atoms with Crippen LogP contribution < -0.4 is 0 Å². The number of hydrogen-bond acceptors (Lipinski definition) is 5. The molecule has 0 saturated carbocycles. The highest BCUT2D eigenvalue weighted by atomic mass is 32.1. The Balaban J connectivity index is 1.72. The number of aliphatic hydroxyl groups is 1. The van der Waals surface area contributed by atoms with Gasteiger partial charge in [0.25, 0.3) is 5.91 Å². The Labute approximate surface area is 157 Å². The van der Waals surface area contributed by atoms with Gasteiger partial charge in [-0.1, -0.05) is 40.9 Å². The van der Waals surface area contributed by atoms with Crippen LogP contribution in [-0.2, 0) is 6.54 Å². The van der Waals surface area contributed by atoms with E-state index in [0.717, 1.165) is 27.3 Å². The van der Waals surface area contributed by atoms with E-state index in [-0.39, 0.29) is 5.91 Å². The molecule has 1 amide bonds. The molecule has 1 atom stereocenters. The lowest BCUT2D eigenvalue weighted by Gasteiger charge is -2.16. The number of rotatable bonds is 5. The van der Waals surface area contributed by atoms with Gasteiger partial charge in [0.2, 0.25) is 0 Å². The fourth-order valence-corrected chi connectivity index (χ4v) is 3.35.